The minimum Gasteiger partial charge on any atom is -0.477 e. The predicted molar refractivity (Wildman–Crippen MR) is 150 cm³/mol. The van der Waals surface area contributed by atoms with Crippen molar-refractivity contribution in [1.29, 1.82) is 0 Å². The van der Waals surface area contributed by atoms with E-state index in [1.807, 2.05) is 13.8 Å². The van der Waals surface area contributed by atoms with Crippen molar-refractivity contribution < 1.29 is 32.7 Å². The van der Waals surface area contributed by atoms with Crippen molar-refractivity contribution in [3.8, 4) is 5.69 Å². The molecule has 1 aromatic carbocycles. The summed E-state index contributed by atoms with van der Waals surface area (Å²) in [5.74, 6) is -5.22. The van der Waals surface area contributed by atoms with Gasteiger partial charge in [-0.1, -0.05) is 13.8 Å². The monoisotopic (exact) mass is 600 g/mol. The Bertz CT molecular complexity index is 1680. The molecule has 2 aromatic heterocycles. The smallest absolute Gasteiger partial charge is 0.341 e. The second-order valence-electron chi connectivity index (χ2n) is 11.6. The van der Waals surface area contributed by atoms with E-state index >= 15 is 4.39 Å². The van der Waals surface area contributed by atoms with Gasteiger partial charge in [0.15, 0.2) is 17.3 Å². The maximum Gasteiger partial charge on any atom is 0.341 e. The molecule has 11 nitrogen and oxygen atoms in total. The number of hydrogen-bond acceptors (Lipinski definition) is 7. The van der Waals surface area contributed by atoms with Crippen molar-refractivity contribution in [2.24, 2.45) is 23.5 Å². The number of halogens is 3. The molecule has 43 heavy (non-hydrogen) atoms. The van der Waals surface area contributed by atoms with E-state index in [9.17, 15) is 33.1 Å². The van der Waals surface area contributed by atoms with E-state index in [0.717, 1.165) is 29.0 Å². The molecule has 2 amide bonds. The van der Waals surface area contributed by atoms with Gasteiger partial charge >= 0.3 is 5.97 Å². The van der Waals surface area contributed by atoms with Crippen molar-refractivity contribution >= 4 is 34.6 Å². The van der Waals surface area contributed by atoms with Crippen LogP contribution in [0.1, 0.15) is 37.6 Å². The summed E-state index contributed by atoms with van der Waals surface area (Å²) in [6, 6.07) is 1.77. The van der Waals surface area contributed by atoms with E-state index < -0.39 is 52.4 Å². The number of anilines is 1. The van der Waals surface area contributed by atoms with Crippen molar-refractivity contribution in [3.05, 3.63) is 63.7 Å². The Hall–Kier alpha value is -4.46. The van der Waals surface area contributed by atoms with Crippen LogP contribution in [0.25, 0.3) is 16.7 Å². The molecular formula is C29H31F3N6O5. The highest BCUT2D eigenvalue weighted by Gasteiger charge is 2.57. The van der Waals surface area contributed by atoms with Crippen LogP contribution in [0.4, 0.5) is 19.0 Å². The molecule has 0 radical (unpaired) electrons. The number of benzene rings is 1. The van der Waals surface area contributed by atoms with Crippen LogP contribution in [0.3, 0.4) is 0 Å². The molecule has 5 N–H and O–H groups in total. The second-order valence-corrected chi connectivity index (χ2v) is 11.6. The number of carboxylic acids is 1. The Balaban J connectivity index is 1.40. The molecule has 14 heteroatoms. The highest BCUT2D eigenvalue weighted by atomic mass is 19.1. The Kier molecular flexibility index (Phi) is 7.90. The fourth-order valence-electron chi connectivity index (χ4n) is 5.63. The normalized spacial score (nSPS) is 20.6. The average molecular weight is 601 g/mol. The predicted octanol–water partition coefficient (Wildman–Crippen LogP) is 1.93. The summed E-state index contributed by atoms with van der Waals surface area (Å²) in [6.45, 7) is 6.02. The van der Waals surface area contributed by atoms with Crippen LogP contribution < -0.4 is 26.7 Å². The molecule has 2 fully saturated rings. The van der Waals surface area contributed by atoms with Crippen LogP contribution in [0.15, 0.2) is 35.3 Å². The first kappa shape index (κ1) is 30.0. The minimum atomic E-state index is -1.60. The number of carbonyl (C=O) groups excluding carboxylic acids is 2. The maximum absolute atomic E-state index is 15.4. The lowest BCUT2D eigenvalue weighted by molar-refractivity contribution is -0.130. The molecule has 0 bridgehead atoms. The van der Waals surface area contributed by atoms with E-state index in [1.54, 1.807) is 4.90 Å². The highest BCUT2D eigenvalue weighted by molar-refractivity contribution is 5.93. The molecule has 1 saturated carbocycles. The first-order valence-electron chi connectivity index (χ1n) is 13.8. The molecular weight excluding hydrogens is 569 g/mol. The summed E-state index contributed by atoms with van der Waals surface area (Å²) in [4.78, 5) is 55.7. The van der Waals surface area contributed by atoms with Crippen LogP contribution in [0.2, 0.25) is 0 Å². The van der Waals surface area contributed by atoms with Gasteiger partial charge in [-0.2, -0.15) is 0 Å². The first-order chi connectivity index (χ1) is 20.3. The molecule has 5 atom stereocenters. The quantitative estimate of drug-likeness (QED) is 0.290. The number of nitrogens with two attached hydrogens (primary N) is 1. The molecule has 1 aliphatic heterocycles. The number of aromatic nitrogens is 2. The molecule has 1 unspecified atom stereocenters. The van der Waals surface area contributed by atoms with E-state index in [-0.39, 0.29) is 52.2 Å². The fourth-order valence-corrected chi connectivity index (χ4v) is 5.63. The van der Waals surface area contributed by atoms with Crippen LogP contribution in [0, 0.1) is 35.2 Å². The number of piperidine rings is 1. The van der Waals surface area contributed by atoms with Gasteiger partial charge in [-0.3, -0.25) is 19.0 Å². The van der Waals surface area contributed by atoms with Crippen LogP contribution in [-0.2, 0) is 9.59 Å². The first-order valence-corrected chi connectivity index (χ1v) is 13.8. The zero-order valence-electron chi connectivity index (χ0n) is 23.6. The van der Waals surface area contributed by atoms with Gasteiger partial charge in [-0.05, 0) is 37.5 Å². The lowest BCUT2D eigenvalue weighted by Crippen LogP contribution is -2.52. The Morgan fingerprint density at radius 2 is 1.74 bits per heavy atom. The summed E-state index contributed by atoms with van der Waals surface area (Å²) in [5, 5.41) is 14.8. The number of amides is 2. The van der Waals surface area contributed by atoms with Crippen molar-refractivity contribution in [2.75, 3.05) is 18.0 Å². The number of carbonyl (C=O) groups is 3. The summed E-state index contributed by atoms with van der Waals surface area (Å²) in [5.41, 5.74) is 3.42. The Morgan fingerprint density at radius 3 is 2.33 bits per heavy atom. The van der Waals surface area contributed by atoms with Gasteiger partial charge in [0.25, 0.3) is 0 Å². The number of pyridine rings is 2. The van der Waals surface area contributed by atoms with Crippen molar-refractivity contribution in [1.82, 2.24) is 20.2 Å². The van der Waals surface area contributed by atoms with Crippen LogP contribution >= 0.6 is 0 Å². The van der Waals surface area contributed by atoms with Gasteiger partial charge < -0.3 is 26.4 Å². The molecule has 1 aliphatic carbocycles. The molecule has 0 spiro atoms. The lowest BCUT2D eigenvalue weighted by atomic mass is 10.0. The van der Waals surface area contributed by atoms with Gasteiger partial charge in [-0.25, -0.2) is 22.9 Å². The van der Waals surface area contributed by atoms with E-state index in [2.05, 4.69) is 15.6 Å². The SMILES string of the molecule is CC(C)C[C@H](NC(=O)[C@H](C)N)C(=O)NC1[C@H]2CN(c3nc4c(cc3F)c(=O)c(C(=O)O)cn4-c3ccc(F)cc3F)C[C@@H]12. The number of nitrogens with one attached hydrogen (secondary N) is 2. The number of hydrogen-bond donors (Lipinski definition) is 4. The molecule has 2 aliphatic rings. The van der Waals surface area contributed by atoms with E-state index in [0.29, 0.717) is 25.6 Å². The molecule has 1 saturated heterocycles. The molecule has 5 rings (SSSR count). The van der Waals surface area contributed by atoms with Crippen molar-refractivity contribution in [2.45, 2.75) is 45.3 Å². The highest BCUT2D eigenvalue weighted by Crippen LogP contribution is 2.47. The summed E-state index contributed by atoms with van der Waals surface area (Å²) >= 11 is 0. The topological polar surface area (TPSA) is 160 Å². The third-order valence-corrected chi connectivity index (χ3v) is 7.87. The van der Waals surface area contributed by atoms with Crippen molar-refractivity contribution in [3.63, 3.8) is 0 Å². The third-order valence-electron chi connectivity index (χ3n) is 7.87. The number of carboxylic acid groups (broad SMARTS) is 1. The largest absolute Gasteiger partial charge is 0.477 e. The standard InChI is InChI=1S/C29H31F3N6O5/c1-12(2)6-21(34-27(40)13(3)33)28(41)35-23-16-9-37(10-17(16)23)26-20(32)8-15-24(39)18(29(42)43)11-38(25(15)36-26)22-5-4-14(30)7-19(22)31/h4-5,7-8,11-13,16-17,21,23H,6,9-10,33H2,1-3H3,(H,34,40)(H,35,41)(H,42,43)/t13-,16-,17+,21-,23?/m0/s1. The second kappa shape index (κ2) is 11.3. The number of nitrogens with zero attached hydrogens (tertiary/aromatic N) is 3. The Labute approximate surface area is 243 Å². The molecule has 3 aromatic rings. The van der Waals surface area contributed by atoms with Gasteiger partial charge in [0.05, 0.1) is 17.1 Å². The van der Waals surface area contributed by atoms with E-state index in [1.165, 1.54) is 6.92 Å². The van der Waals surface area contributed by atoms with Crippen LogP contribution in [-0.4, -0.2) is 63.7 Å². The minimum absolute atomic E-state index is 0.0317. The molecule has 228 valence electrons. The number of fused-ring (bicyclic) bond motifs is 2. The number of rotatable bonds is 9. The third kappa shape index (κ3) is 5.78. The van der Waals surface area contributed by atoms with Gasteiger partial charge in [0.2, 0.25) is 17.2 Å². The summed E-state index contributed by atoms with van der Waals surface area (Å²) < 4.78 is 44.7. The average Bonchev–Trinajstić information content (AvgIpc) is 3.34. The van der Waals surface area contributed by atoms with E-state index in [4.69, 9.17) is 5.73 Å². The van der Waals surface area contributed by atoms with Crippen LogP contribution in [0.5, 0.6) is 0 Å². The lowest BCUT2D eigenvalue weighted by Gasteiger charge is -2.24. The fraction of sp³-hybridized carbons (Fsp3) is 0.414. The number of aromatic carboxylic acids is 1. The summed E-state index contributed by atoms with van der Waals surface area (Å²) in [6.07, 6.45) is 1.30. The van der Waals surface area contributed by atoms with Gasteiger partial charge in [0, 0.05) is 43.2 Å². The van der Waals surface area contributed by atoms with Gasteiger partial charge in [0.1, 0.15) is 23.2 Å². The Morgan fingerprint density at radius 1 is 1.07 bits per heavy atom. The zero-order chi connectivity index (χ0) is 31.3. The van der Waals surface area contributed by atoms with Gasteiger partial charge in [-0.15, -0.1) is 0 Å². The maximum atomic E-state index is 15.4. The zero-order valence-corrected chi connectivity index (χ0v) is 23.6. The summed E-state index contributed by atoms with van der Waals surface area (Å²) in [7, 11) is 0. The molecule has 3 heterocycles.